The molecule has 0 radical (unpaired) electrons. The van der Waals surface area contributed by atoms with Crippen molar-refractivity contribution in [3.05, 3.63) is 48.3 Å². The minimum absolute atomic E-state index is 0.194. The summed E-state index contributed by atoms with van der Waals surface area (Å²) in [7, 11) is 0. The highest BCUT2D eigenvalue weighted by Crippen LogP contribution is 2.28. The van der Waals surface area contributed by atoms with E-state index in [1.165, 1.54) is 6.07 Å². The highest BCUT2D eigenvalue weighted by atomic mass is 19.1. The molecule has 3 rings (SSSR count). The third-order valence-corrected chi connectivity index (χ3v) is 2.69. The van der Waals surface area contributed by atoms with Crippen LogP contribution in [0.2, 0.25) is 0 Å². The van der Waals surface area contributed by atoms with Crippen molar-refractivity contribution in [1.82, 2.24) is 10.2 Å². The van der Waals surface area contributed by atoms with Crippen LogP contribution >= 0.6 is 0 Å². The van der Waals surface area contributed by atoms with E-state index in [-0.39, 0.29) is 11.6 Å². The lowest BCUT2D eigenvalue weighted by molar-refractivity contribution is 0.475. The smallest absolute Gasteiger partial charge is 0.148 e. The number of para-hydroxylation sites is 1. The maximum atomic E-state index is 13.5. The molecule has 0 unspecified atom stereocenters. The first-order chi connectivity index (χ1) is 8.25. The molecular weight excluding hydrogens is 219 g/mol. The van der Waals surface area contributed by atoms with E-state index >= 15 is 0 Å². The number of hydrogen-bond acceptors (Lipinski definition) is 2. The van der Waals surface area contributed by atoms with Crippen LogP contribution in [-0.4, -0.2) is 15.3 Å². The summed E-state index contributed by atoms with van der Waals surface area (Å²) < 4.78 is 13.5. The van der Waals surface area contributed by atoms with E-state index in [1.807, 2.05) is 6.07 Å². The van der Waals surface area contributed by atoms with Crippen LogP contribution in [0.1, 0.15) is 0 Å². The minimum atomic E-state index is -0.319. The Morgan fingerprint density at radius 2 is 1.82 bits per heavy atom. The van der Waals surface area contributed by atoms with Crippen LogP contribution in [-0.2, 0) is 0 Å². The van der Waals surface area contributed by atoms with Gasteiger partial charge in [-0.25, -0.2) is 4.39 Å². The van der Waals surface area contributed by atoms with Gasteiger partial charge < -0.3 is 5.11 Å². The lowest BCUT2D eigenvalue weighted by atomic mass is 10.1. The number of H-pyrrole nitrogens is 1. The highest BCUT2D eigenvalue weighted by molar-refractivity contribution is 5.93. The zero-order valence-electron chi connectivity index (χ0n) is 8.81. The zero-order valence-corrected chi connectivity index (χ0v) is 8.81. The number of benzene rings is 2. The molecule has 17 heavy (non-hydrogen) atoms. The molecule has 4 heteroatoms. The second-order valence-corrected chi connectivity index (χ2v) is 3.78. The van der Waals surface area contributed by atoms with Crippen LogP contribution in [0, 0.1) is 5.82 Å². The van der Waals surface area contributed by atoms with E-state index in [2.05, 4.69) is 10.2 Å². The number of halogens is 1. The Labute approximate surface area is 96.5 Å². The van der Waals surface area contributed by atoms with Crippen molar-refractivity contribution in [2.45, 2.75) is 0 Å². The molecule has 0 saturated carbocycles. The topological polar surface area (TPSA) is 48.9 Å². The lowest BCUT2D eigenvalue weighted by Gasteiger charge is -1.98. The van der Waals surface area contributed by atoms with Crippen molar-refractivity contribution in [2.24, 2.45) is 0 Å². The maximum Gasteiger partial charge on any atom is 0.148 e. The zero-order chi connectivity index (χ0) is 11.8. The first kappa shape index (κ1) is 9.84. The number of phenolic OH excluding ortho intramolecular Hbond substituents is 1. The van der Waals surface area contributed by atoms with Gasteiger partial charge in [0.05, 0.1) is 0 Å². The van der Waals surface area contributed by atoms with Crippen LogP contribution in [0.4, 0.5) is 4.39 Å². The predicted molar refractivity (Wildman–Crippen MR) is 63.2 cm³/mol. The molecule has 1 aromatic heterocycles. The van der Waals surface area contributed by atoms with E-state index in [0.717, 1.165) is 10.9 Å². The summed E-state index contributed by atoms with van der Waals surface area (Å²) in [6.07, 6.45) is 0. The summed E-state index contributed by atoms with van der Waals surface area (Å²) >= 11 is 0. The molecule has 2 N–H and O–H groups in total. The first-order valence-electron chi connectivity index (χ1n) is 5.18. The third-order valence-electron chi connectivity index (χ3n) is 2.69. The molecule has 0 saturated heterocycles. The Bertz CT molecular complexity index is 673. The SMILES string of the molecule is Oc1ccc(-c2n[nH]c3c(F)cccc23)cc1. The number of aromatic hydroxyl groups is 1. The Balaban J connectivity index is 2.24. The van der Waals surface area contributed by atoms with Gasteiger partial charge in [-0.15, -0.1) is 0 Å². The fourth-order valence-electron chi connectivity index (χ4n) is 1.85. The maximum absolute atomic E-state index is 13.5. The predicted octanol–water partition coefficient (Wildman–Crippen LogP) is 3.07. The van der Waals surface area contributed by atoms with E-state index in [1.54, 1.807) is 30.3 Å². The largest absolute Gasteiger partial charge is 0.508 e. The minimum Gasteiger partial charge on any atom is -0.508 e. The normalized spacial score (nSPS) is 10.9. The van der Waals surface area contributed by atoms with Gasteiger partial charge in [0.15, 0.2) is 0 Å². The molecule has 1 heterocycles. The molecule has 0 aliphatic heterocycles. The highest BCUT2D eigenvalue weighted by Gasteiger charge is 2.10. The van der Waals surface area contributed by atoms with Gasteiger partial charge in [0, 0.05) is 10.9 Å². The summed E-state index contributed by atoms with van der Waals surface area (Å²) in [4.78, 5) is 0. The average molecular weight is 228 g/mol. The van der Waals surface area contributed by atoms with Gasteiger partial charge in [-0.3, -0.25) is 5.10 Å². The van der Waals surface area contributed by atoms with Gasteiger partial charge in [-0.2, -0.15) is 5.10 Å². The lowest BCUT2D eigenvalue weighted by Crippen LogP contribution is -1.78. The van der Waals surface area contributed by atoms with Gasteiger partial charge in [-0.1, -0.05) is 12.1 Å². The Kier molecular flexibility index (Phi) is 2.08. The van der Waals surface area contributed by atoms with Crippen LogP contribution in [0.15, 0.2) is 42.5 Å². The monoisotopic (exact) mass is 228 g/mol. The third kappa shape index (κ3) is 1.54. The van der Waals surface area contributed by atoms with Crippen molar-refractivity contribution in [2.75, 3.05) is 0 Å². The molecule has 3 nitrogen and oxygen atoms in total. The number of nitrogens with zero attached hydrogens (tertiary/aromatic N) is 1. The number of nitrogens with one attached hydrogen (secondary N) is 1. The second kappa shape index (κ2) is 3.59. The summed E-state index contributed by atoms with van der Waals surface area (Å²) in [5, 5.41) is 16.7. The molecule has 0 aliphatic carbocycles. The molecular formula is C13H9FN2O. The molecule has 0 bridgehead atoms. The van der Waals surface area contributed by atoms with E-state index < -0.39 is 0 Å². The first-order valence-corrected chi connectivity index (χ1v) is 5.18. The summed E-state index contributed by atoms with van der Waals surface area (Å²) in [6, 6.07) is 11.5. The van der Waals surface area contributed by atoms with Crippen LogP contribution in [0.3, 0.4) is 0 Å². The summed E-state index contributed by atoms with van der Waals surface area (Å²) in [6.45, 7) is 0. The molecule has 84 valence electrons. The molecule has 0 aliphatic rings. The van der Waals surface area contributed by atoms with Crippen molar-refractivity contribution >= 4 is 10.9 Å². The average Bonchev–Trinajstić information content (AvgIpc) is 2.75. The van der Waals surface area contributed by atoms with Gasteiger partial charge in [0.2, 0.25) is 0 Å². The summed E-state index contributed by atoms with van der Waals surface area (Å²) in [5.41, 5.74) is 1.91. The summed E-state index contributed by atoms with van der Waals surface area (Å²) in [5.74, 6) is -0.125. The van der Waals surface area contributed by atoms with Gasteiger partial charge in [0.25, 0.3) is 0 Å². The molecule has 0 fully saturated rings. The van der Waals surface area contributed by atoms with Crippen molar-refractivity contribution in [1.29, 1.82) is 0 Å². The number of rotatable bonds is 1. The molecule has 2 aromatic carbocycles. The van der Waals surface area contributed by atoms with Crippen LogP contribution < -0.4 is 0 Å². The quantitative estimate of drug-likeness (QED) is 0.672. The van der Waals surface area contributed by atoms with E-state index in [4.69, 9.17) is 0 Å². The Morgan fingerprint density at radius 1 is 1.06 bits per heavy atom. The molecule has 3 aromatic rings. The van der Waals surface area contributed by atoms with Crippen LogP contribution in [0.5, 0.6) is 5.75 Å². The van der Waals surface area contributed by atoms with Gasteiger partial charge in [0.1, 0.15) is 22.8 Å². The molecule has 0 spiro atoms. The number of phenols is 1. The Morgan fingerprint density at radius 3 is 2.59 bits per heavy atom. The van der Waals surface area contributed by atoms with E-state index in [0.29, 0.717) is 11.2 Å². The standard InChI is InChI=1S/C13H9FN2O/c14-11-3-1-2-10-12(15-16-13(10)11)8-4-6-9(17)7-5-8/h1-7,17H,(H,15,16). The number of fused-ring (bicyclic) bond motifs is 1. The van der Waals surface area contributed by atoms with Crippen LogP contribution in [0.25, 0.3) is 22.2 Å². The number of hydrogen-bond donors (Lipinski definition) is 2. The second-order valence-electron chi connectivity index (χ2n) is 3.78. The van der Waals surface area contributed by atoms with Gasteiger partial charge in [-0.05, 0) is 30.3 Å². The van der Waals surface area contributed by atoms with Gasteiger partial charge >= 0.3 is 0 Å². The fraction of sp³-hybridized carbons (Fsp3) is 0. The van der Waals surface area contributed by atoms with E-state index in [9.17, 15) is 9.50 Å². The molecule has 0 atom stereocenters. The number of aromatic amines is 1. The Hall–Kier alpha value is -2.36. The van der Waals surface area contributed by atoms with Crippen molar-refractivity contribution in [3.63, 3.8) is 0 Å². The molecule has 0 amide bonds. The fourth-order valence-corrected chi connectivity index (χ4v) is 1.85. The number of aromatic nitrogens is 2. The van der Waals surface area contributed by atoms with Crippen molar-refractivity contribution < 1.29 is 9.50 Å². The van der Waals surface area contributed by atoms with Crippen molar-refractivity contribution in [3.8, 4) is 17.0 Å².